The van der Waals surface area contributed by atoms with Gasteiger partial charge in [-0.25, -0.2) is 0 Å². The molecule has 0 spiro atoms. The molecule has 0 rings (SSSR count). The minimum atomic E-state index is -0.307. The minimum absolute atomic E-state index is 0.307. The third-order valence-electron chi connectivity index (χ3n) is 2.75. The molecule has 0 aliphatic carbocycles. The first-order valence-corrected chi connectivity index (χ1v) is 7.40. The number of halogens is 2. The highest BCUT2D eigenvalue weighted by Crippen LogP contribution is 2.32. The summed E-state index contributed by atoms with van der Waals surface area (Å²) in [6.45, 7) is 15.9. The molecule has 1 atom stereocenters. The van der Waals surface area contributed by atoms with Crippen molar-refractivity contribution >= 4 is 46.0 Å². The van der Waals surface area contributed by atoms with E-state index in [0.29, 0.717) is 24.5 Å². The average Bonchev–Trinajstić information content (AvgIpc) is 2.36. The fourth-order valence-electron chi connectivity index (χ4n) is 1.38. The Labute approximate surface area is 138 Å². The van der Waals surface area contributed by atoms with Gasteiger partial charge in [0.05, 0.1) is 12.2 Å². The predicted molar refractivity (Wildman–Crippen MR) is 91.5 cm³/mol. The van der Waals surface area contributed by atoms with Gasteiger partial charge in [0.2, 0.25) is 0 Å². The van der Waals surface area contributed by atoms with Gasteiger partial charge in [0.25, 0.3) is 0 Å². The number of rotatable bonds is 10. The van der Waals surface area contributed by atoms with E-state index in [1.807, 2.05) is 52.9 Å². The molecule has 0 amide bonds. The largest absolute Gasteiger partial charge is 0.494 e. The van der Waals surface area contributed by atoms with Crippen LogP contribution in [-0.2, 0) is 10.9 Å². The van der Waals surface area contributed by atoms with Gasteiger partial charge in [0, 0.05) is 12.8 Å². The molecule has 0 saturated carbocycles. The summed E-state index contributed by atoms with van der Waals surface area (Å²) in [5, 5.41) is 0. The molecule has 0 aromatic carbocycles. The van der Waals surface area contributed by atoms with Crippen LogP contribution in [0.25, 0.3) is 0 Å². The van der Waals surface area contributed by atoms with Crippen molar-refractivity contribution in [2.45, 2.75) is 38.7 Å². The van der Waals surface area contributed by atoms with Crippen LogP contribution in [0.3, 0.4) is 0 Å². The highest BCUT2D eigenvalue weighted by molar-refractivity contribution is 14.1. The summed E-state index contributed by atoms with van der Waals surface area (Å²) in [4.78, 5) is 0. The van der Waals surface area contributed by atoms with Crippen molar-refractivity contribution in [3.05, 3.63) is 36.8 Å². The van der Waals surface area contributed by atoms with E-state index in [4.69, 9.17) is 10.9 Å². The van der Waals surface area contributed by atoms with Crippen molar-refractivity contribution < 1.29 is 10.9 Å². The average molecular weight is 478 g/mol. The van der Waals surface area contributed by atoms with Gasteiger partial charge in [-0.1, -0.05) is 26.7 Å². The van der Waals surface area contributed by atoms with E-state index in [0.717, 1.165) is 18.4 Å². The molecular formula is C13H20I2O3. The van der Waals surface area contributed by atoms with Crippen LogP contribution in [0.15, 0.2) is 36.8 Å². The summed E-state index contributed by atoms with van der Waals surface area (Å²) in [5.74, 6) is 1.32. The molecule has 0 bridgehead atoms. The topological polar surface area (TPSA) is 27.7 Å². The summed E-state index contributed by atoms with van der Waals surface area (Å²) in [6.07, 6.45) is 2.26. The van der Waals surface area contributed by atoms with E-state index in [1.165, 1.54) is 0 Å². The van der Waals surface area contributed by atoms with Crippen molar-refractivity contribution in [1.82, 2.24) is 0 Å². The smallest absolute Gasteiger partial charge is 0.192 e. The molecule has 0 fully saturated rings. The Hall–Kier alpha value is 0.240. The summed E-state index contributed by atoms with van der Waals surface area (Å²) in [5.41, 5.74) is 0.533. The van der Waals surface area contributed by atoms with E-state index in [9.17, 15) is 0 Å². The fraction of sp³-hybridized carbons (Fsp3) is 0.538. The highest BCUT2D eigenvalue weighted by atomic mass is 127. The van der Waals surface area contributed by atoms with Gasteiger partial charge in [0.1, 0.15) is 34.5 Å². The van der Waals surface area contributed by atoms with Crippen LogP contribution in [0.1, 0.15) is 33.1 Å². The first kappa shape index (κ1) is 18.2. The summed E-state index contributed by atoms with van der Waals surface area (Å²) in [7, 11) is 0. The normalized spacial score (nSPS) is 13.6. The predicted octanol–water partition coefficient (Wildman–Crippen LogP) is 5.27. The molecule has 0 aliphatic heterocycles. The fourth-order valence-corrected chi connectivity index (χ4v) is 2.22. The summed E-state index contributed by atoms with van der Waals surface area (Å²) in [6, 6.07) is 0. The molecule has 0 heterocycles. The Morgan fingerprint density at radius 2 is 1.83 bits per heavy atom. The SMILES string of the molecule is C=C(CC(CC)(CCOC(=C)C(=C)C)OI)OI. The van der Waals surface area contributed by atoms with Crippen molar-refractivity contribution in [3.63, 3.8) is 0 Å². The van der Waals surface area contributed by atoms with Gasteiger partial charge < -0.3 is 10.9 Å². The number of ether oxygens (including phenoxy) is 1. The maximum absolute atomic E-state index is 5.60. The van der Waals surface area contributed by atoms with Crippen LogP contribution in [0.4, 0.5) is 0 Å². The Morgan fingerprint density at radius 1 is 1.22 bits per heavy atom. The Bertz CT molecular complexity index is 309. The maximum atomic E-state index is 5.60. The molecule has 104 valence electrons. The Morgan fingerprint density at radius 3 is 2.22 bits per heavy atom. The number of allylic oxidation sites excluding steroid dienone is 1. The van der Waals surface area contributed by atoms with Crippen LogP contribution < -0.4 is 0 Å². The van der Waals surface area contributed by atoms with Gasteiger partial charge in [-0.3, -0.25) is 0 Å². The molecule has 3 nitrogen and oxygen atoms in total. The monoisotopic (exact) mass is 478 g/mol. The van der Waals surface area contributed by atoms with E-state index in [-0.39, 0.29) is 5.60 Å². The lowest BCUT2D eigenvalue weighted by atomic mass is 9.92. The first-order valence-electron chi connectivity index (χ1n) is 5.64. The third kappa shape index (κ3) is 6.42. The van der Waals surface area contributed by atoms with Gasteiger partial charge in [-0.15, -0.1) is 0 Å². The molecule has 1 unspecified atom stereocenters. The Balaban J connectivity index is 4.39. The van der Waals surface area contributed by atoms with Crippen molar-refractivity contribution in [1.29, 1.82) is 0 Å². The second kappa shape index (κ2) is 9.19. The molecular weight excluding hydrogens is 458 g/mol. The molecule has 0 saturated heterocycles. The molecule has 5 heteroatoms. The summed E-state index contributed by atoms with van der Waals surface area (Å²) >= 11 is 3.76. The lowest BCUT2D eigenvalue weighted by molar-refractivity contribution is 0.0663. The van der Waals surface area contributed by atoms with Crippen molar-refractivity contribution in [3.8, 4) is 0 Å². The van der Waals surface area contributed by atoms with Gasteiger partial charge >= 0.3 is 0 Å². The van der Waals surface area contributed by atoms with E-state index < -0.39 is 0 Å². The minimum Gasteiger partial charge on any atom is -0.494 e. The first-order chi connectivity index (χ1) is 8.40. The van der Waals surface area contributed by atoms with Gasteiger partial charge in [-0.05, 0) is 18.9 Å². The molecule has 0 N–H and O–H groups in total. The van der Waals surface area contributed by atoms with Crippen molar-refractivity contribution in [2.75, 3.05) is 6.61 Å². The zero-order valence-electron chi connectivity index (χ0n) is 10.9. The zero-order valence-corrected chi connectivity index (χ0v) is 15.2. The van der Waals surface area contributed by atoms with Gasteiger partial charge in [0.15, 0.2) is 23.0 Å². The van der Waals surface area contributed by atoms with Crippen LogP contribution >= 0.6 is 46.0 Å². The van der Waals surface area contributed by atoms with Crippen LogP contribution in [0.5, 0.6) is 0 Å². The second-order valence-electron chi connectivity index (χ2n) is 4.21. The van der Waals surface area contributed by atoms with Crippen LogP contribution in [0, 0.1) is 0 Å². The quantitative estimate of drug-likeness (QED) is 0.244. The van der Waals surface area contributed by atoms with Crippen LogP contribution in [0.2, 0.25) is 0 Å². The van der Waals surface area contributed by atoms with E-state index >= 15 is 0 Å². The molecule has 0 aromatic heterocycles. The van der Waals surface area contributed by atoms with Crippen molar-refractivity contribution in [2.24, 2.45) is 0 Å². The van der Waals surface area contributed by atoms with Gasteiger partial charge in [-0.2, -0.15) is 0 Å². The third-order valence-corrected chi connectivity index (χ3v) is 4.30. The maximum Gasteiger partial charge on any atom is 0.192 e. The zero-order chi connectivity index (χ0) is 14.2. The lowest BCUT2D eigenvalue weighted by Gasteiger charge is -2.30. The number of hydrogen-bond acceptors (Lipinski definition) is 3. The van der Waals surface area contributed by atoms with Crippen LogP contribution in [-0.4, -0.2) is 12.2 Å². The molecule has 0 aliphatic rings. The standard InChI is InChI=1S/C13H20I2O3/c1-6-13(18-15,9-11(4)17-14)7-8-16-12(5)10(2)3/h2,4-9H2,1,3H3. The Kier molecular flexibility index (Phi) is 9.32. The molecule has 18 heavy (non-hydrogen) atoms. The summed E-state index contributed by atoms with van der Waals surface area (Å²) < 4.78 is 16.2. The lowest BCUT2D eigenvalue weighted by Crippen LogP contribution is -2.31. The molecule has 0 radical (unpaired) electrons. The molecule has 0 aromatic rings. The van der Waals surface area contributed by atoms with E-state index in [2.05, 4.69) is 26.7 Å². The van der Waals surface area contributed by atoms with E-state index in [1.54, 1.807) is 0 Å². The second-order valence-corrected chi connectivity index (χ2v) is 5.09. The highest BCUT2D eigenvalue weighted by Gasteiger charge is 2.30. The number of hydrogen-bond donors (Lipinski definition) is 0.